The van der Waals surface area contributed by atoms with Gasteiger partial charge in [-0.25, -0.2) is 0 Å². The van der Waals surface area contributed by atoms with Gasteiger partial charge >= 0.3 is 0 Å². The third-order valence-electron chi connectivity index (χ3n) is 3.99. The highest BCUT2D eigenvalue weighted by atomic mass is 32.2. The lowest BCUT2D eigenvalue weighted by molar-refractivity contribution is -0.111. The second kappa shape index (κ2) is 7.82. The lowest BCUT2D eigenvalue weighted by Crippen LogP contribution is -2.44. The van der Waals surface area contributed by atoms with Crippen molar-refractivity contribution in [1.29, 1.82) is 0 Å². The van der Waals surface area contributed by atoms with Crippen molar-refractivity contribution in [1.82, 2.24) is 4.90 Å². The minimum Gasteiger partial charge on any atom is -0.413 e. The van der Waals surface area contributed by atoms with Gasteiger partial charge in [-0.1, -0.05) is 20.8 Å². The van der Waals surface area contributed by atoms with Crippen molar-refractivity contribution in [3.63, 3.8) is 0 Å². The van der Waals surface area contributed by atoms with Crippen LogP contribution in [-0.2, 0) is 20.0 Å². The van der Waals surface area contributed by atoms with Crippen LogP contribution in [0.15, 0.2) is 0 Å². The molecule has 0 N–H and O–H groups in total. The molecule has 0 spiro atoms. The molecule has 1 saturated heterocycles. The second-order valence-corrected chi connectivity index (χ2v) is 13.4. The molecule has 2 atom stereocenters. The Kier molecular flexibility index (Phi) is 7.80. The number of hydrogen-bond acceptors (Lipinski definition) is 4. The van der Waals surface area contributed by atoms with E-state index in [1.54, 1.807) is 12.5 Å². The molecule has 1 heterocycles. The number of likely N-dealkylation sites (N-methyl/N-ethyl adjacent to an activating group) is 1. The second-order valence-electron chi connectivity index (χ2n) is 7.12. The van der Waals surface area contributed by atoms with Crippen LogP contribution in [-0.4, -0.2) is 62.0 Å². The first-order valence-electron chi connectivity index (χ1n) is 6.99. The van der Waals surface area contributed by atoms with Crippen LogP contribution in [0.25, 0.3) is 0 Å². The quantitative estimate of drug-likeness (QED) is 0.591. The molecule has 1 aliphatic heterocycles. The lowest BCUT2D eigenvalue weighted by atomic mass is 10.2. The molecule has 20 heavy (non-hydrogen) atoms. The van der Waals surface area contributed by atoms with Crippen LogP contribution in [0.5, 0.6) is 0 Å². The molecular weight excluding hydrogens is 290 g/mol. The van der Waals surface area contributed by atoms with Crippen molar-refractivity contribution in [3.05, 3.63) is 0 Å². The summed E-state index contributed by atoms with van der Waals surface area (Å²) in [4.78, 5) is 12.9. The van der Waals surface area contributed by atoms with Crippen molar-refractivity contribution >= 4 is 25.4 Å². The summed E-state index contributed by atoms with van der Waals surface area (Å²) < 4.78 is 15.9. The molecule has 0 aliphatic carbocycles. The molecule has 1 rings (SSSR count). The van der Waals surface area contributed by atoms with Crippen molar-refractivity contribution in [2.45, 2.75) is 57.5 Å². The minimum atomic E-state index is -1.68. The van der Waals surface area contributed by atoms with Crippen LogP contribution < -0.4 is 0 Å². The Morgan fingerprint density at radius 3 is 2.05 bits per heavy atom. The van der Waals surface area contributed by atoms with Gasteiger partial charge in [0.25, 0.3) is 0 Å². The summed E-state index contributed by atoms with van der Waals surface area (Å²) in [5.41, 5.74) is 0. The maximum Gasteiger partial charge on any atom is 0.192 e. The van der Waals surface area contributed by atoms with Crippen LogP contribution in [0.2, 0.25) is 18.1 Å². The monoisotopic (exact) mass is 321 g/mol. The lowest BCUT2D eigenvalue weighted by Gasteiger charge is -2.38. The topological polar surface area (TPSA) is 46.6 Å². The Labute approximate surface area is 127 Å². The van der Waals surface area contributed by atoms with Gasteiger partial charge in [0, 0.05) is 29.9 Å². The average molecular weight is 322 g/mol. The fourth-order valence-corrected chi connectivity index (χ4v) is 3.18. The highest BCUT2D eigenvalue weighted by molar-refractivity contribution is 7.83. The molecule has 0 amide bonds. The number of likely N-dealkylation sites (tertiary alicyclic amines) is 1. The van der Waals surface area contributed by atoms with Gasteiger partial charge in [-0.15, -0.1) is 0 Å². The van der Waals surface area contributed by atoms with E-state index < -0.39 is 19.1 Å². The van der Waals surface area contributed by atoms with Crippen LogP contribution in [0.4, 0.5) is 0 Å². The van der Waals surface area contributed by atoms with Gasteiger partial charge in [-0.2, -0.15) is 0 Å². The first kappa shape index (κ1) is 20.0. The van der Waals surface area contributed by atoms with Crippen molar-refractivity contribution in [2.75, 3.05) is 26.1 Å². The van der Waals surface area contributed by atoms with Gasteiger partial charge in [0.1, 0.15) is 6.29 Å². The molecule has 0 aromatic carbocycles. The number of aldehydes is 1. The Bertz CT molecular complexity index is 338. The van der Waals surface area contributed by atoms with Gasteiger partial charge in [0.05, 0.1) is 12.1 Å². The Morgan fingerprint density at radius 1 is 1.30 bits per heavy atom. The van der Waals surface area contributed by atoms with E-state index in [4.69, 9.17) is 4.43 Å². The summed E-state index contributed by atoms with van der Waals surface area (Å²) in [6.07, 6.45) is 5.41. The normalized spacial score (nSPS) is 24.4. The standard InChI is InChI=1S/C12H25NO2Si.C2H6OS/c1-12(2,3)16(5,6)15-11-7-10(9-14)13(4)8-11;1-4(2)3/h9-11H,7-8H2,1-6H3;1-2H3/t10-,11+;/m0./s1. The molecule has 0 aromatic rings. The maximum atomic E-state index is 10.8. The van der Waals surface area contributed by atoms with E-state index in [1.807, 2.05) is 7.05 Å². The molecule has 0 unspecified atom stereocenters. The molecule has 0 saturated carbocycles. The summed E-state index contributed by atoms with van der Waals surface area (Å²) in [6, 6.07) is 0.0507. The molecule has 0 radical (unpaired) electrons. The zero-order valence-corrected chi connectivity index (χ0v) is 16.0. The van der Waals surface area contributed by atoms with Gasteiger partial charge in [0.15, 0.2) is 8.32 Å². The van der Waals surface area contributed by atoms with Gasteiger partial charge in [-0.05, 0) is 31.6 Å². The van der Waals surface area contributed by atoms with E-state index in [1.165, 1.54) is 0 Å². The van der Waals surface area contributed by atoms with Crippen LogP contribution in [0.3, 0.4) is 0 Å². The molecule has 120 valence electrons. The SMILES string of the molecule is CN1C[C@H](O[Si](C)(C)C(C)(C)C)C[C@H]1C=O.CS(C)=O. The summed E-state index contributed by atoms with van der Waals surface area (Å²) in [7, 11) is -0.301. The fraction of sp³-hybridized carbons (Fsp3) is 0.929. The Balaban J connectivity index is 0.000000796. The number of hydrogen-bond donors (Lipinski definition) is 0. The third kappa shape index (κ3) is 6.61. The van der Waals surface area contributed by atoms with E-state index in [0.717, 1.165) is 19.3 Å². The summed E-state index contributed by atoms with van der Waals surface area (Å²) in [6.45, 7) is 12.2. The average Bonchev–Trinajstić information content (AvgIpc) is 2.55. The summed E-state index contributed by atoms with van der Waals surface area (Å²) >= 11 is 0. The highest BCUT2D eigenvalue weighted by Gasteiger charge is 2.41. The largest absolute Gasteiger partial charge is 0.413 e. The zero-order chi connectivity index (χ0) is 16.1. The number of carbonyl (C=O) groups excluding carboxylic acids is 1. The molecule has 0 aromatic heterocycles. The van der Waals surface area contributed by atoms with E-state index in [-0.39, 0.29) is 17.2 Å². The minimum absolute atomic E-state index is 0.0507. The molecule has 6 heteroatoms. The Morgan fingerprint density at radius 2 is 1.75 bits per heavy atom. The smallest absolute Gasteiger partial charge is 0.192 e. The summed E-state index contributed by atoms with van der Waals surface area (Å²) in [5.74, 6) is 0. The van der Waals surface area contributed by atoms with Gasteiger partial charge in [-0.3, -0.25) is 9.11 Å². The fourth-order valence-electron chi connectivity index (χ4n) is 1.82. The molecule has 1 fully saturated rings. The number of nitrogens with zero attached hydrogens (tertiary/aromatic N) is 1. The summed E-state index contributed by atoms with van der Waals surface area (Å²) in [5, 5.41) is 0.241. The third-order valence-corrected chi connectivity index (χ3v) is 8.52. The van der Waals surface area contributed by atoms with E-state index in [2.05, 4.69) is 38.8 Å². The van der Waals surface area contributed by atoms with Crippen molar-refractivity contribution in [2.24, 2.45) is 0 Å². The molecule has 4 nitrogen and oxygen atoms in total. The highest BCUT2D eigenvalue weighted by Crippen LogP contribution is 2.38. The number of rotatable bonds is 3. The molecule has 1 aliphatic rings. The van der Waals surface area contributed by atoms with E-state index in [0.29, 0.717) is 0 Å². The zero-order valence-electron chi connectivity index (χ0n) is 14.2. The van der Waals surface area contributed by atoms with Gasteiger partial charge < -0.3 is 9.22 Å². The maximum absolute atomic E-state index is 10.8. The number of carbonyl (C=O) groups is 1. The van der Waals surface area contributed by atoms with Crippen molar-refractivity contribution < 1.29 is 13.4 Å². The van der Waals surface area contributed by atoms with E-state index >= 15 is 0 Å². The van der Waals surface area contributed by atoms with Crippen molar-refractivity contribution in [3.8, 4) is 0 Å². The van der Waals surface area contributed by atoms with Gasteiger partial charge in [0.2, 0.25) is 0 Å². The van der Waals surface area contributed by atoms with Crippen LogP contribution in [0, 0.1) is 0 Å². The predicted molar refractivity (Wildman–Crippen MR) is 89.2 cm³/mol. The predicted octanol–water partition coefficient (Wildman–Crippen LogP) is 2.27. The molecular formula is C14H31NO3SSi. The van der Waals surface area contributed by atoms with Crippen LogP contribution in [0.1, 0.15) is 27.2 Å². The first-order valence-corrected chi connectivity index (χ1v) is 11.9. The first-order chi connectivity index (χ1) is 8.90. The molecule has 0 bridgehead atoms. The van der Waals surface area contributed by atoms with E-state index in [9.17, 15) is 9.00 Å². The van der Waals surface area contributed by atoms with Crippen LogP contribution >= 0.6 is 0 Å². The Hall–Kier alpha value is -0.0431.